The average Bonchev–Trinajstić information content (AvgIpc) is 3.05. The van der Waals surface area contributed by atoms with E-state index in [1.807, 2.05) is 24.4 Å². The molecule has 0 aliphatic heterocycles. The molecule has 2 rings (SSSR count). The molecule has 0 bridgehead atoms. The molecule has 0 spiro atoms. The van der Waals surface area contributed by atoms with Crippen molar-refractivity contribution < 1.29 is 9.90 Å². The Hall–Kier alpha value is -1.86. The maximum Gasteiger partial charge on any atom is 0.319 e. The first-order valence-corrected chi connectivity index (χ1v) is 7.64. The van der Waals surface area contributed by atoms with E-state index in [1.165, 1.54) is 4.88 Å². The first-order valence-electron chi connectivity index (χ1n) is 6.77. The van der Waals surface area contributed by atoms with Crippen molar-refractivity contribution in [1.82, 2.24) is 15.1 Å². The SMILES string of the molecule is Cc1nn(C)cc1NC(=O)NC[C@@H](CO)Cc1cccs1. The number of aryl methyl sites for hydroxylation is 2. The number of carbonyl (C=O) groups is 1. The Morgan fingerprint density at radius 3 is 2.95 bits per heavy atom. The maximum absolute atomic E-state index is 11.9. The molecule has 0 aromatic carbocycles. The number of hydrogen-bond donors (Lipinski definition) is 3. The van der Waals surface area contributed by atoms with E-state index in [4.69, 9.17) is 0 Å². The second-order valence-electron chi connectivity index (χ2n) is 4.97. The maximum atomic E-state index is 11.9. The fourth-order valence-corrected chi connectivity index (χ4v) is 2.86. The van der Waals surface area contributed by atoms with Gasteiger partial charge < -0.3 is 15.7 Å². The van der Waals surface area contributed by atoms with Gasteiger partial charge in [-0.1, -0.05) is 6.07 Å². The van der Waals surface area contributed by atoms with Crippen LogP contribution >= 0.6 is 11.3 Å². The smallest absolute Gasteiger partial charge is 0.319 e. The highest BCUT2D eigenvalue weighted by Gasteiger charge is 2.12. The Bertz CT molecular complexity index is 580. The quantitative estimate of drug-likeness (QED) is 0.761. The van der Waals surface area contributed by atoms with Gasteiger partial charge in [0, 0.05) is 37.2 Å². The third-order valence-electron chi connectivity index (χ3n) is 3.14. The Balaban J connectivity index is 1.80. The van der Waals surface area contributed by atoms with E-state index in [1.54, 1.807) is 29.3 Å². The lowest BCUT2D eigenvalue weighted by molar-refractivity contribution is 0.218. The molecule has 114 valence electrons. The molecular formula is C14H20N4O2S. The van der Waals surface area contributed by atoms with Crippen molar-refractivity contribution in [2.75, 3.05) is 18.5 Å². The first kappa shape index (κ1) is 15.5. The summed E-state index contributed by atoms with van der Waals surface area (Å²) in [5.41, 5.74) is 1.46. The molecule has 7 heteroatoms. The molecule has 3 N–H and O–H groups in total. The van der Waals surface area contributed by atoms with Crippen LogP contribution in [0.25, 0.3) is 0 Å². The highest BCUT2D eigenvalue weighted by atomic mass is 32.1. The number of aliphatic hydroxyl groups excluding tert-OH is 1. The van der Waals surface area contributed by atoms with Crippen molar-refractivity contribution in [3.63, 3.8) is 0 Å². The van der Waals surface area contributed by atoms with Gasteiger partial charge in [-0.3, -0.25) is 4.68 Å². The van der Waals surface area contributed by atoms with E-state index in [-0.39, 0.29) is 18.6 Å². The van der Waals surface area contributed by atoms with Gasteiger partial charge in [0.2, 0.25) is 0 Å². The van der Waals surface area contributed by atoms with Gasteiger partial charge in [0.1, 0.15) is 0 Å². The lowest BCUT2D eigenvalue weighted by atomic mass is 10.1. The second-order valence-corrected chi connectivity index (χ2v) is 6.00. The third kappa shape index (κ3) is 4.57. The fraction of sp³-hybridized carbons (Fsp3) is 0.429. The van der Waals surface area contributed by atoms with Gasteiger partial charge in [-0.2, -0.15) is 5.10 Å². The zero-order valence-corrected chi connectivity index (χ0v) is 13.0. The van der Waals surface area contributed by atoms with Crippen LogP contribution in [0.15, 0.2) is 23.7 Å². The standard InChI is InChI=1S/C14H20N4O2S/c1-10-13(8-18(2)17-10)16-14(20)15-7-11(9-19)6-12-4-3-5-21-12/h3-5,8,11,19H,6-7,9H2,1-2H3,(H2,15,16,20)/t11-/m0/s1. The van der Waals surface area contributed by atoms with Crippen LogP contribution in [-0.2, 0) is 13.5 Å². The fourth-order valence-electron chi connectivity index (χ4n) is 2.04. The number of nitrogens with one attached hydrogen (secondary N) is 2. The van der Waals surface area contributed by atoms with Gasteiger partial charge >= 0.3 is 6.03 Å². The summed E-state index contributed by atoms with van der Waals surface area (Å²) in [6.45, 7) is 2.31. The zero-order chi connectivity index (χ0) is 15.2. The highest BCUT2D eigenvalue weighted by molar-refractivity contribution is 7.09. The number of rotatable bonds is 6. The summed E-state index contributed by atoms with van der Waals surface area (Å²) >= 11 is 1.66. The van der Waals surface area contributed by atoms with E-state index in [0.29, 0.717) is 12.2 Å². The number of amides is 2. The Morgan fingerprint density at radius 2 is 2.38 bits per heavy atom. The van der Waals surface area contributed by atoms with Gasteiger partial charge in [-0.05, 0) is 24.8 Å². The van der Waals surface area contributed by atoms with E-state index in [0.717, 1.165) is 12.1 Å². The van der Waals surface area contributed by atoms with Crippen LogP contribution < -0.4 is 10.6 Å². The molecule has 2 aromatic heterocycles. The largest absolute Gasteiger partial charge is 0.396 e. The topological polar surface area (TPSA) is 79.2 Å². The molecule has 2 heterocycles. The molecule has 0 aliphatic carbocycles. The van der Waals surface area contributed by atoms with Crippen LogP contribution in [-0.4, -0.2) is 34.1 Å². The molecule has 6 nitrogen and oxygen atoms in total. The molecular weight excluding hydrogens is 288 g/mol. The van der Waals surface area contributed by atoms with Crippen LogP contribution in [0, 0.1) is 12.8 Å². The van der Waals surface area contributed by atoms with Gasteiger partial charge in [-0.25, -0.2) is 4.79 Å². The number of aromatic nitrogens is 2. The molecule has 0 radical (unpaired) electrons. The van der Waals surface area contributed by atoms with Gasteiger partial charge in [0.25, 0.3) is 0 Å². The Kier molecular flexibility index (Phi) is 5.35. The van der Waals surface area contributed by atoms with Crippen molar-refractivity contribution in [3.05, 3.63) is 34.3 Å². The van der Waals surface area contributed by atoms with Crippen LogP contribution in [0.4, 0.5) is 10.5 Å². The molecule has 0 saturated carbocycles. The Labute approximate surface area is 127 Å². The van der Waals surface area contributed by atoms with Crippen molar-refractivity contribution in [1.29, 1.82) is 0 Å². The number of thiophene rings is 1. The highest BCUT2D eigenvalue weighted by Crippen LogP contribution is 2.14. The van der Waals surface area contributed by atoms with Gasteiger partial charge in [0.05, 0.1) is 11.4 Å². The van der Waals surface area contributed by atoms with E-state index in [2.05, 4.69) is 15.7 Å². The normalized spacial score (nSPS) is 12.1. The van der Waals surface area contributed by atoms with Crippen LogP contribution in [0.3, 0.4) is 0 Å². The molecule has 1 atom stereocenters. The molecule has 0 unspecified atom stereocenters. The monoisotopic (exact) mass is 308 g/mol. The number of aliphatic hydroxyl groups is 1. The number of anilines is 1. The zero-order valence-electron chi connectivity index (χ0n) is 12.2. The van der Waals surface area contributed by atoms with Crippen molar-refractivity contribution in [2.45, 2.75) is 13.3 Å². The molecule has 0 aliphatic rings. The first-order chi connectivity index (χ1) is 10.1. The summed E-state index contributed by atoms with van der Waals surface area (Å²) in [6.07, 6.45) is 2.52. The molecule has 2 amide bonds. The summed E-state index contributed by atoms with van der Waals surface area (Å²) in [4.78, 5) is 13.1. The van der Waals surface area contributed by atoms with E-state index < -0.39 is 0 Å². The Morgan fingerprint density at radius 1 is 1.57 bits per heavy atom. The minimum absolute atomic E-state index is 0.0180. The van der Waals surface area contributed by atoms with Crippen LogP contribution in [0.2, 0.25) is 0 Å². The van der Waals surface area contributed by atoms with Crippen molar-refractivity contribution >= 4 is 23.1 Å². The number of nitrogens with zero attached hydrogens (tertiary/aromatic N) is 2. The van der Waals surface area contributed by atoms with E-state index in [9.17, 15) is 9.90 Å². The number of carbonyl (C=O) groups excluding carboxylic acids is 1. The predicted molar refractivity (Wildman–Crippen MR) is 83.6 cm³/mol. The minimum atomic E-state index is -0.282. The van der Waals surface area contributed by atoms with Gasteiger partial charge in [-0.15, -0.1) is 11.3 Å². The number of urea groups is 1. The molecule has 0 saturated heterocycles. The second kappa shape index (κ2) is 7.24. The lowest BCUT2D eigenvalue weighted by Crippen LogP contribution is -2.34. The summed E-state index contributed by atoms with van der Waals surface area (Å²) in [6, 6.07) is 3.74. The number of hydrogen-bond acceptors (Lipinski definition) is 4. The van der Waals surface area contributed by atoms with E-state index >= 15 is 0 Å². The van der Waals surface area contributed by atoms with Crippen LogP contribution in [0.1, 0.15) is 10.6 Å². The van der Waals surface area contributed by atoms with Crippen molar-refractivity contribution in [2.24, 2.45) is 13.0 Å². The third-order valence-corrected chi connectivity index (χ3v) is 4.04. The molecule has 0 fully saturated rings. The van der Waals surface area contributed by atoms with Gasteiger partial charge in [0.15, 0.2) is 0 Å². The lowest BCUT2D eigenvalue weighted by Gasteiger charge is -2.14. The minimum Gasteiger partial charge on any atom is -0.396 e. The van der Waals surface area contributed by atoms with Crippen molar-refractivity contribution in [3.8, 4) is 0 Å². The van der Waals surface area contributed by atoms with Crippen LogP contribution in [0.5, 0.6) is 0 Å². The summed E-state index contributed by atoms with van der Waals surface area (Å²) in [5.74, 6) is 0.0180. The average molecular weight is 308 g/mol. The predicted octanol–water partition coefficient (Wildman–Crippen LogP) is 1.76. The molecule has 2 aromatic rings. The summed E-state index contributed by atoms with van der Waals surface area (Å²) < 4.78 is 1.65. The summed E-state index contributed by atoms with van der Waals surface area (Å²) in [5, 5.41) is 21.1. The summed E-state index contributed by atoms with van der Waals surface area (Å²) in [7, 11) is 1.80. The molecule has 21 heavy (non-hydrogen) atoms.